The number of hydrogen-bond acceptors (Lipinski definition) is 4. The summed E-state index contributed by atoms with van der Waals surface area (Å²) < 4.78 is 10.9. The molecule has 2 aromatic rings. The van der Waals surface area contributed by atoms with Crippen molar-refractivity contribution in [3.8, 4) is 11.5 Å². The summed E-state index contributed by atoms with van der Waals surface area (Å²) in [5.41, 5.74) is 2.12. The largest absolute Gasteiger partial charge is 0.497 e. The van der Waals surface area contributed by atoms with Crippen molar-refractivity contribution in [2.45, 2.75) is 71.0 Å². The van der Waals surface area contributed by atoms with Crippen LogP contribution < -0.4 is 14.8 Å². The van der Waals surface area contributed by atoms with Gasteiger partial charge in [-0.05, 0) is 61.6 Å². The predicted octanol–water partition coefficient (Wildman–Crippen LogP) is 4.64. The van der Waals surface area contributed by atoms with Crippen LogP contribution >= 0.6 is 0 Å². The monoisotopic (exact) mass is 452 g/mol. The van der Waals surface area contributed by atoms with E-state index in [1.807, 2.05) is 38.1 Å². The SMILES string of the molecule is CC[C@@H](C(=O)NC1CCCCC1)N(Cc1ccccc1C)C(=O)COc1ccc(OC)cc1. The van der Waals surface area contributed by atoms with Crippen molar-refractivity contribution >= 4 is 11.8 Å². The Balaban J connectivity index is 1.74. The molecule has 0 bridgehead atoms. The summed E-state index contributed by atoms with van der Waals surface area (Å²) in [7, 11) is 1.60. The molecule has 0 aromatic heterocycles. The van der Waals surface area contributed by atoms with E-state index in [0.29, 0.717) is 18.7 Å². The Hall–Kier alpha value is -3.02. The van der Waals surface area contributed by atoms with E-state index >= 15 is 0 Å². The molecule has 0 saturated heterocycles. The lowest BCUT2D eigenvalue weighted by atomic mass is 9.95. The molecule has 6 heteroatoms. The summed E-state index contributed by atoms with van der Waals surface area (Å²) in [5.74, 6) is 1.02. The van der Waals surface area contributed by atoms with Gasteiger partial charge in [0.15, 0.2) is 6.61 Å². The lowest BCUT2D eigenvalue weighted by Gasteiger charge is -2.33. The van der Waals surface area contributed by atoms with Crippen LogP contribution in [0.15, 0.2) is 48.5 Å². The zero-order chi connectivity index (χ0) is 23.6. The van der Waals surface area contributed by atoms with Crippen molar-refractivity contribution in [2.24, 2.45) is 0 Å². The molecule has 3 rings (SSSR count). The zero-order valence-electron chi connectivity index (χ0n) is 20.0. The fourth-order valence-electron chi connectivity index (χ4n) is 4.33. The van der Waals surface area contributed by atoms with Crippen molar-refractivity contribution in [3.63, 3.8) is 0 Å². The summed E-state index contributed by atoms with van der Waals surface area (Å²) in [4.78, 5) is 28.3. The van der Waals surface area contributed by atoms with Gasteiger partial charge in [0.05, 0.1) is 7.11 Å². The number of benzene rings is 2. The number of carbonyl (C=O) groups excluding carboxylic acids is 2. The highest BCUT2D eigenvalue weighted by atomic mass is 16.5. The number of hydrogen-bond donors (Lipinski definition) is 1. The Kier molecular flexibility index (Phi) is 9.16. The number of carbonyl (C=O) groups is 2. The molecule has 1 saturated carbocycles. The third-order valence-corrected chi connectivity index (χ3v) is 6.36. The van der Waals surface area contributed by atoms with Gasteiger partial charge >= 0.3 is 0 Å². The molecule has 2 aromatic carbocycles. The third kappa shape index (κ3) is 6.98. The number of amides is 2. The van der Waals surface area contributed by atoms with E-state index in [9.17, 15) is 9.59 Å². The van der Waals surface area contributed by atoms with Gasteiger partial charge in [0.2, 0.25) is 5.91 Å². The first-order valence-corrected chi connectivity index (χ1v) is 11.9. The van der Waals surface area contributed by atoms with Crippen molar-refractivity contribution < 1.29 is 19.1 Å². The van der Waals surface area contributed by atoms with E-state index in [1.54, 1.807) is 36.3 Å². The predicted molar refractivity (Wildman–Crippen MR) is 129 cm³/mol. The average molecular weight is 453 g/mol. The van der Waals surface area contributed by atoms with Crippen molar-refractivity contribution in [1.82, 2.24) is 10.2 Å². The Labute approximate surface area is 197 Å². The second-order valence-electron chi connectivity index (χ2n) is 8.68. The first kappa shape index (κ1) is 24.6. The highest BCUT2D eigenvalue weighted by molar-refractivity contribution is 5.88. The van der Waals surface area contributed by atoms with Crippen molar-refractivity contribution in [2.75, 3.05) is 13.7 Å². The molecule has 0 aliphatic heterocycles. The van der Waals surface area contributed by atoms with Crippen LogP contribution in [0, 0.1) is 6.92 Å². The Morgan fingerprint density at radius 2 is 1.70 bits per heavy atom. The van der Waals surface area contributed by atoms with Crippen LogP contribution in [0.2, 0.25) is 0 Å². The molecule has 2 amide bonds. The molecule has 6 nitrogen and oxygen atoms in total. The zero-order valence-corrected chi connectivity index (χ0v) is 20.0. The second-order valence-corrected chi connectivity index (χ2v) is 8.68. The van der Waals surface area contributed by atoms with Gasteiger partial charge in [-0.3, -0.25) is 9.59 Å². The molecule has 0 unspecified atom stereocenters. The lowest BCUT2D eigenvalue weighted by molar-refractivity contribution is -0.143. The van der Waals surface area contributed by atoms with Gasteiger partial charge in [0.1, 0.15) is 17.5 Å². The maximum atomic E-state index is 13.3. The van der Waals surface area contributed by atoms with Gasteiger partial charge in [-0.15, -0.1) is 0 Å². The van der Waals surface area contributed by atoms with Crippen molar-refractivity contribution in [1.29, 1.82) is 0 Å². The molecule has 1 atom stereocenters. The van der Waals surface area contributed by atoms with Crippen molar-refractivity contribution in [3.05, 3.63) is 59.7 Å². The summed E-state index contributed by atoms with van der Waals surface area (Å²) >= 11 is 0. The molecule has 1 fully saturated rings. The van der Waals surface area contributed by atoms with Crippen LogP contribution in [-0.2, 0) is 16.1 Å². The number of rotatable bonds is 10. The first-order valence-electron chi connectivity index (χ1n) is 11.9. The smallest absolute Gasteiger partial charge is 0.261 e. The third-order valence-electron chi connectivity index (χ3n) is 6.36. The molecule has 1 N–H and O–H groups in total. The van der Waals surface area contributed by atoms with E-state index in [0.717, 1.165) is 42.6 Å². The van der Waals surface area contributed by atoms with Gasteiger partial charge in [-0.2, -0.15) is 0 Å². The summed E-state index contributed by atoms with van der Waals surface area (Å²) in [6, 6.07) is 14.7. The average Bonchev–Trinajstić information content (AvgIpc) is 2.84. The highest BCUT2D eigenvalue weighted by Crippen LogP contribution is 2.21. The molecular weight excluding hydrogens is 416 g/mol. The number of ether oxygens (including phenoxy) is 2. The molecular formula is C27H36N2O4. The molecule has 33 heavy (non-hydrogen) atoms. The van der Waals surface area contributed by atoms with Crippen LogP contribution in [0.4, 0.5) is 0 Å². The normalized spacial score (nSPS) is 14.9. The molecule has 1 aliphatic rings. The molecule has 1 aliphatic carbocycles. The van der Waals surface area contributed by atoms with Crippen LogP contribution in [0.1, 0.15) is 56.6 Å². The summed E-state index contributed by atoms with van der Waals surface area (Å²) in [6.45, 7) is 4.21. The fraction of sp³-hybridized carbons (Fsp3) is 0.481. The quantitative estimate of drug-likeness (QED) is 0.570. The summed E-state index contributed by atoms with van der Waals surface area (Å²) in [5, 5.41) is 3.20. The molecule has 0 radical (unpaired) electrons. The Morgan fingerprint density at radius 1 is 1.03 bits per heavy atom. The molecule has 0 heterocycles. The lowest BCUT2D eigenvalue weighted by Crippen LogP contribution is -2.52. The minimum atomic E-state index is -0.543. The maximum absolute atomic E-state index is 13.3. The maximum Gasteiger partial charge on any atom is 0.261 e. The molecule has 178 valence electrons. The van der Waals surface area contributed by atoms with E-state index in [1.165, 1.54) is 6.42 Å². The number of nitrogens with zero attached hydrogens (tertiary/aromatic N) is 1. The highest BCUT2D eigenvalue weighted by Gasteiger charge is 2.30. The first-order chi connectivity index (χ1) is 16.0. The Morgan fingerprint density at radius 3 is 2.33 bits per heavy atom. The van der Waals surface area contributed by atoms with E-state index in [4.69, 9.17) is 9.47 Å². The second kappa shape index (κ2) is 12.3. The summed E-state index contributed by atoms with van der Waals surface area (Å²) in [6.07, 6.45) is 6.07. The van der Waals surface area contributed by atoms with E-state index < -0.39 is 6.04 Å². The van der Waals surface area contributed by atoms with Crippen LogP contribution in [0.5, 0.6) is 11.5 Å². The van der Waals surface area contributed by atoms with Gasteiger partial charge < -0.3 is 19.7 Å². The number of aryl methyl sites for hydroxylation is 1. The van der Waals surface area contributed by atoms with E-state index in [-0.39, 0.29) is 24.5 Å². The number of nitrogens with one attached hydrogen (secondary N) is 1. The van der Waals surface area contributed by atoms with Gasteiger partial charge in [-0.25, -0.2) is 0 Å². The van der Waals surface area contributed by atoms with Gasteiger partial charge in [0.25, 0.3) is 5.91 Å². The van der Waals surface area contributed by atoms with Gasteiger partial charge in [0, 0.05) is 12.6 Å². The van der Waals surface area contributed by atoms with Crippen LogP contribution in [-0.4, -0.2) is 42.5 Å². The molecule has 0 spiro atoms. The van der Waals surface area contributed by atoms with Gasteiger partial charge in [-0.1, -0.05) is 50.5 Å². The van der Waals surface area contributed by atoms with E-state index in [2.05, 4.69) is 5.32 Å². The number of methoxy groups -OCH3 is 1. The minimum absolute atomic E-state index is 0.0734. The topological polar surface area (TPSA) is 67.9 Å². The fourth-order valence-corrected chi connectivity index (χ4v) is 4.33. The minimum Gasteiger partial charge on any atom is -0.497 e. The Bertz CT molecular complexity index is 907. The standard InChI is InChI=1S/C27H36N2O4/c1-4-25(27(31)28-22-12-6-5-7-13-22)29(18-21-11-9-8-10-20(21)2)26(30)19-33-24-16-14-23(32-3)15-17-24/h8-11,14-17,22,25H,4-7,12-13,18-19H2,1-3H3,(H,28,31)/t25-/m0/s1. The van der Waals surface area contributed by atoms with Crippen LogP contribution in [0.25, 0.3) is 0 Å². The van der Waals surface area contributed by atoms with Crippen LogP contribution in [0.3, 0.4) is 0 Å².